The number of benzene rings is 7. The summed E-state index contributed by atoms with van der Waals surface area (Å²) >= 11 is 7.82. The fourth-order valence-electron chi connectivity index (χ4n) is 10.7. The van der Waals surface area contributed by atoms with Crippen molar-refractivity contribution in [2.24, 2.45) is 4.99 Å². The minimum Gasteiger partial charge on any atom is -0.502 e. The molecule has 7 aromatic rings. The number of carbonyl (C=O) groups excluding carboxylic acids is 1. The Hall–Kier alpha value is -11.5. The number of rotatable bonds is 10. The highest BCUT2D eigenvalue weighted by molar-refractivity contribution is 7.99. The van der Waals surface area contributed by atoms with Crippen molar-refractivity contribution in [1.82, 2.24) is 5.32 Å². The van der Waals surface area contributed by atoms with Gasteiger partial charge in [0.1, 0.15) is 29.6 Å². The van der Waals surface area contributed by atoms with Crippen LogP contribution in [0.1, 0.15) is 102 Å². The number of para-hydroxylation sites is 2. The second-order valence-corrected chi connectivity index (χ2v) is 23.0. The van der Waals surface area contributed by atoms with Crippen molar-refractivity contribution < 1.29 is 93.0 Å². The number of fused-ring (bicyclic) bond motifs is 6. The normalized spacial score (nSPS) is 17.5. The lowest BCUT2D eigenvalue weighted by Crippen LogP contribution is -2.19. The average Bonchev–Trinajstić information content (AvgIpc) is 1.62. The number of thioether (sulfide) groups is 1. The lowest BCUT2D eigenvalue weighted by Gasteiger charge is -2.19. The second-order valence-electron chi connectivity index (χ2n) is 21.5. The molecule has 1 unspecified atom stereocenters. The smallest absolute Gasteiger partial charge is 0.371 e. The summed E-state index contributed by atoms with van der Waals surface area (Å²) in [6.45, 7) is 6.34. The monoisotopic (exact) mass is 1370 g/mol. The highest BCUT2D eigenvalue weighted by atomic mass is 35.5. The highest BCUT2D eigenvalue weighted by Gasteiger charge is 2.33. The number of aliphatic imine (C=N–C) groups is 1. The lowest BCUT2D eigenvalue weighted by molar-refractivity contribution is -0.136. The van der Waals surface area contributed by atoms with Crippen LogP contribution in [0.5, 0.6) is 17.2 Å². The summed E-state index contributed by atoms with van der Waals surface area (Å²) in [7, 11) is 0. The van der Waals surface area contributed by atoms with Crippen LogP contribution in [-0.2, 0) is 55.9 Å². The Balaban J connectivity index is 0.000000151. The highest BCUT2D eigenvalue weighted by Crippen LogP contribution is 2.40. The summed E-state index contributed by atoms with van der Waals surface area (Å²) in [5.74, 6) is -4.17. The number of nitrogens with one attached hydrogen (secondary N) is 1. The molecular weight excluding hydrogens is 1300 g/mol. The van der Waals surface area contributed by atoms with Crippen LogP contribution in [0.3, 0.4) is 0 Å². The maximum Gasteiger partial charge on any atom is 0.371 e. The predicted octanol–water partition coefficient (Wildman–Crippen LogP) is 14.0. The van der Waals surface area contributed by atoms with E-state index in [2.05, 4.69) is 23.3 Å². The van der Waals surface area contributed by atoms with Crippen LogP contribution in [0.4, 0.5) is 0 Å². The molecule has 5 heterocycles. The molecule has 0 spiro atoms. The van der Waals surface area contributed by atoms with Gasteiger partial charge in [-0.1, -0.05) is 140 Å². The number of halogens is 1. The van der Waals surface area contributed by atoms with E-state index in [9.17, 15) is 48.9 Å². The van der Waals surface area contributed by atoms with E-state index in [1.54, 1.807) is 84.6 Å². The van der Waals surface area contributed by atoms with Gasteiger partial charge in [-0.05, 0) is 133 Å². The van der Waals surface area contributed by atoms with Crippen molar-refractivity contribution in [2.75, 3.05) is 25.8 Å². The number of hydrogen-bond acceptors (Lipinski definition) is 16. The van der Waals surface area contributed by atoms with E-state index in [0.29, 0.717) is 64.9 Å². The zero-order chi connectivity index (χ0) is 70.4. The number of hydrogen-bond donors (Lipinski definition) is 8. The van der Waals surface area contributed by atoms with Gasteiger partial charge in [0.2, 0.25) is 12.6 Å². The molecule has 1 aliphatic carbocycles. The van der Waals surface area contributed by atoms with E-state index in [0.717, 1.165) is 87.8 Å². The number of aliphatic hydroxyl groups is 1. The molecule has 5 aliphatic heterocycles. The number of allylic oxidation sites excluding steroid dienone is 2. The quantitative estimate of drug-likeness (QED) is 0.0207. The Morgan fingerprint density at radius 3 is 1.87 bits per heavy atom. The van der Waals surface area contributed by atoms with Crippen LogP contribution in [-0.4, -0.2) is 109 Å². The summed E-state index contributed by atoms with van der Waals surface area (Å²) in [5, 5.41) is 65.7. The van der Waals surface area contributed by atoms with Crippen LogP contribution >= 0.6 is 23.4 Å². The summed E-state index contributed by atoms with van der Waals surface area (Å²) in [4.78, 5) is 82.6. The maximum absolute atomic E-state index is 12.0. The SMILES string of the molecule is CCOC1N=C(Cl)N/C(=C(/C)C(=O)O)c2ccccc21.CCc1ccc2c(c1)/C(=C/C(=O)O)CO2.O=C(O)/C(=C1\C(=O)Oc2ccccc21)c1ccccc1.O=C(O)/C(O)=C1\CCc2ccccc21.O=C(O)/C=C1\CCCSc2ccccc21.O=C(O)/C=C1\OCOc2ccccc21. The third-order valence-electron chi connectivity index (χ3n) is 15.2. The molecule has 23 heteroatoms. The Morgan fingerprint density at radius 1 is 0.602 bits per heavy atom. The van der Waals surface area contributed by atoms with Gasteiger partial charge in [-0.2, -0.15) is 0 Å². The maximum atomic E-state index is 12.0. The van der Waals surface area contributed by atoms with Gasteiger partial charge >= 0.3 is 41.8 Å². The molecule has 0 radical (unpaired) electrons. The Morgan fingerprint density at radius 2 is 1.20 bits per heavy atom. The number of aryl methyl sites for hydroxylation is 2. The van der Waals surface area contributed by atoms with E-state index in [1.807, 2.05) is 97.9 Å². The minimum absolute atomic E-state index is 0.0412. The van der Waals surface area contributed by atoms with Gasteiger partial charge in [-0.3, -0.25) is 0 Å². The number of carboxylic acid groups (broad SMARTS) is 6. The predicted molar refractivity (Wildman–Crippen MR) is 370 cm³/mol. The number of aliphatic hydroxyl groups excluding tert-OH is 1. The molecule has 0 bridgehead atoms. The van der Waals surface area contributed by atoms with Crippen LogP contribution < -0.4 is 19.5 Å². The van der Waals surface area contributed by atoms with Crippen molar-refractivity contribution in [3.05, 3.63) is 255 Å². The van der Waals surface area contributed by atoms with Gasteiger partial charge < -0.3 is 64.7 Å². The lowest BCUT2D eigenvalue weighted by atomic mass is 9.95. The van der Waals surface area contributed by atoms with Crippen molar-refractivity contribution >= 4 is 110 Å². The number of carbonyl (C=O) groups is 7. The number of carboxylic acids is 6. The second kappa shape index (κ2) is 34.8. The van der Waals surface area contributed by atoms with Crippen LogP contribution in [0.25, 0.3) is 39.3 Å². The summed E-state index contributed by atoms with van der Waals surface area (Å²) in [6, 6.07) is 51.3. The molecular formula is C75H67ClN2O19S. The first-order chi connectivity index (χ1) is 47.2. The molecule has 504 valence electrons. The molecule has 21 nitrogen and oxygen atoms in total. The Bertz CT molecular complexity index is 4410. The van der Waals surface area contributed by atoms with E-state index >= 15 is 0 Å². The largest absolute Gasteiger partial charge is 0.502 e. The third-order valence-corrected chi connectivity index (χ3v) is 16.6. The molecule has 0 saturated carbocycles. The first kappa shape index (κ1) is 72.4. The third kappa shape index (κ3) is 18.9. The molecule has 98 heavy (non-hydrogen) atoms. The van der Waals surface area contributed by atoms with Crippen molar-refractivity contribution in [2.45, 2.75) is 64.0 Å². The number of nitrogens with zero attached hydrogens (tertiary/aromatic N) is 1. The van der Waals surface area contributed by atoms with Crippen molar-refractivity contribution in [3.63, 3.8) is 0 Å². The standard InChI is InChI=1S/C16H10O4.C14H15ClN2O3.C12H12O3.C12H12O2S.C11H10O3.C10H8O4/c17-15(18)13(10-6-2-1-3-7-10)14-11-8-4-5-9-12(11)20-16(14)19;1-3-20-12-10-7-5-4-6-9(10)11(8(2)13(18)19)16-14(15)17-12;1-2-8-3-4-11-10(5-8)9(7-15-11)6-12(13)14;13-12(14)8-9-4-3-7-15-11-6-2-1-5-10(9)11;12-10(11(13)14)9-6-5-7-3-1-2-4-8(7)9;11-10(12)5-9-7-3-1-2-4-8(7)13-6-14-9/h1-9H,(H,17,18);4-7,12H,3H2,1-2H3,(H,16,17)(H,18,19);3-6H,2,7H2,1H3,(H,13,14);1-2,5-6,8H,3-4,7H2,(H,13,14);1-4,12H,5-6H2,(H,13,14);1-5H,6H2,(H,11,12)/b14-13-;11-8-;9-6+;9-8+;10-9-;9-5-. The summed E-state index contributed by atoms with van der Waals surface area (Å²) in [6.07, 6.45) is 7.29. The van der Waals surface area contributed by atoms with Crippen molar-refractivity contribution in [3.8, 4) is 17.2 Å². The summed E-state index contributed by atoms with van der Waals surface area (Å²) in [5.41, 5.74) is 11.2. The molecule has 13 rings (SSSR count). The average molecular weight is 1370 g/mol. The number of aliphatic carboxylic acids is 6. The molecule has 7 aromatic carbocycles. The van der Waals surface area contributed by atoms with Crippen LogP contribution in [0.15, 0.2) is 209 Å². The van der Waals surface area contributed by atoms with Gasteiger partial charge in [0.25, 0.3) is 0 Å². The topological polar surface area (TPSA) is 332 Å². The van der Waals surface area contributed by atoms with E-state index in [4.69, 9.17) is 55.7 Å². The van der Waals surface area contributed by atoms with Gasteiger partial charge in [-0.15, -0.1) is 11.8 Å². The van der Waals surface area contributed by atoms with E-state index in [1.165, 1.54) is 29.5 Å². The zero-order valence-electron chi connectivity index (χ0n) is 53.1. The molecule has 6 aliphatic rings. The molecule has 0 saturated heterocycles. The van der Waals surface area contributed by atoms with Gasteiger partial charge in [-0.25, -0.2) is 38.6 Å². The van der Waals surface area contributed by atoms with Gasteiger partial charge in [0.05, 0.1) is 34.1 Å². The molecule has 1 atom stereocenters. The van der Waals surface area contributed by atoms with Crippen molar-refractivity contribution in [1.29, 1.82) is 0 Å². The molecule has 0 aromatic heterocycles. The number of amidine groups is 1. The van der Waals surface area contributed by atoms with E-state index in [-0.39, 0.29) is 28.8 Å². The van der Waals surface area contributed by atoms with Gasteiger partial charge in [0, 0.05) is 57.1 Å². The number of ether oxygens (including phenoxy) is 5. The fourth-order valence-corrected chi connectivity index (χ4v) is 11.9. The fraction of sp³-hybridized carbons (Fsp3) is 0.173. The van der Waals surface area contributed by atoms with Crippen LogP contribution in [0.2, 0.25) is 0 Å². The minimum atomic E-state index is -1.25. The number of esters is 1. The Labute approximate surface area is 572 Å². The zero-order valence-corrected chi connectivity index (χ0v) is 54.7. The van der Waals surface area contributed by atoms with Gasteiger partial charge in [0.15, 0.2) is 11.5 Å². The first-order valence-electron chi connectivity index (χ1n) is 30.6. The molecule has 0 fully saturated rings. The molecule has 8 N–H and O–H groups in total. The van der Waals surface area contributed by atoms with E-state index < -0.39 is 53.8 Å². The summed E-state index contributed by atoms with van der Waals surface area (Å²) < 4.78 is 26.3. The Kier molecular flexibility index (Phi) is 25.7. The van der Waals surface area contributed by atoms with Crippen LogP contribution in [0, 0.1) is 0 Å². The molecule has 0 amide bonds. The first-order valence-corrected chi connectivity index (χ1v) is 31.9.